The normalized spacial score (nSPS) is 11.2. The number of nitrogens with zero attached hydrogens (tertiary/aromatic N) is 3. The van der Waals surface area contributed by atoms with Gasteiger partial charge in [0.1, 0.15) is 17.1 Å². The van der Waals surface area contributed by atoms with Crippen LogP contribution in [-0.4, -0.2) is 28.6 Å². The molecular weight excluding hydrogens is 430 g/mol. The van der Waals surface area contributed by atoms with E-state index in [1.165, 1.54) is 41.7 Å². The quantitative estimate of drug-likeness (QED) is 0.260. The first kappa shape index (κ1) is 20.7. The molecule has 2 aromatic heterocycles. The smallest absolute Gasteiger partial charge is 0.387 e. The van der Waals surface area contributed by atoms with Gasteiger partial charge in [0.05, 0.1) is 7.11 Å². The van der Waals surface area contributed by atoms with Gasteiger partial charge in [-0.05, 0) is 42.0 Å². The lowest BCUT2D eigenvalue weighted by atomic mass is 10.1. The van der Waals surface area contributed by atoms with Crippen LogP contribution in [0.5, 0.6) is 11.5 Å². The molecular formula is C20H16F2N4O4S. The summed E-state index contributed by atoms with van der Waals surface area (Å²) < 4.78 is 40.6. The Balaban J connectivity index is 1.55. The number of ether oxygens (including phenoxy) is 2. The maximum absolute atomic E-state index is 12.3. The Morgan fingerprint density at radius 2 is 1.87 bits per heavy atom. The van der Waals surface area contributed by atoms with Crippen molar-refractivity contribution < 1.29 is 22.7 Å². The van der Waals surface area contributed by atoms with Crippen molar-refractivity contribution in [2.45, 2.75) is 17.5 Å². The molecule has 0 amide bonds. The summed E-state index contributed by atoms with van der Waals surface area (Å²) in [5, 5.41) is 9.34. The molecule has 160 valence electrons. The topological polar surface area (TPSA) is 105 Å². The van der Waals surface area contributed by atoms with Gasteiger partial charge in [-0.25, -0.2) is 9.47 Å². The molecule has 31 heavy (non-hydrogen) atoms. The van der Waals surface area contributed by atoms with Crippen molar-refractivity contribution in [1.29, 1.82) is 0 Å². The molecule has 0 saturated carbocycles. The highest BCUT2D eigenvalue weighted by molar-refractivity contribution is 7.98. The van der Waals surface area contributed by atoms with Gasteiger partial charge in [0.25, 0.3) is 0 Å². The average molecular weight is 446 g/mol. The van der Waals surface area contributed by atoms with Crippen LogP contribution in [0.3, 0.4) is 0 Å². The Bertz CT molecular complexity index is 1270. The molecule has 0 aliphatic rings. The third-order valence-corrected chi connectivity index (χ3v) is 5.39. The minimum atomic E-state index is -2.90. The fourth-order valence-electron chi connectivity index (χ4n) is 2.96. The number of halogens is 2. The van der Waals surface area contributed by atoms with Crippen LogP contribution in [0.15, 0.2) is 62.9 Å². The molecule has 2 aromatic carbocycles. The van der Waals surface area contributed by atoms with Gasteiger partial charge < -0.3 is 19.7 Å². The lowest BCUT2D eigenvalue weighted by molar-refractivity contribution is -0.0498. The number of hydrogen-bond acceptors (Lipinski definition) is 8. The van der Waals surface area contributed by atoms with Crippen molar-refractivity contribution >= 4 is 22.7 Å². The number of nitrogen functional groups attached to an aromatic ring is 1. The molecule has 0 unspecified atom stereocenters. The molecule has 4 rings (SSSR count). The van der Waals surface area contributed by atoms with Crippen LogP contribution in [0.2, 0.25) is 0 Å². The maximum Gasteiger partial charge on any atom is 0.387 e. The second kappa shape index (κ2) is 8.64. The third-order valence-electron chi connectivity index (χ3n) is 4.40. The largest absolute Gasteiger partial charge is 0.497 e. The van der Waals surface area contributed by atoms with Crippen LogP contribution in [0, 0.1) is 0 Å². The Hall–Kier alpha value is -3.60. The molecule has 8 nitrogen and oxygen atoms in total. The van der Waals surface area contributed by atoms with Gasteiger partial charge in [0.2, 0.25) is 5.16 Å². The van der Waals surface area contributed by atoms with Crippen LogP contribution < -0.4 is 20.9 Å². The predicted molar refractivity (Wildman–Crippen MR) is 111 cm³/mol. The minimum Gasteiger partial charge on any atom is -0.497 e. The van der Waals surface area contributed by atoms with Crippen molar-refractivity contribution in [1.82, 2.24) is 14.9 Å². The summed E-state index contributed by atoms with van der Waals surface area (Å²) in [4.78, 5) is 11.9. The Kier molecular flexibility index (Phi) is 5.76. The first-order chi connectivity index (χ1) is 14.9. The maximum atomic E-state index is 12.3. The number of thioether (sulfide) groups is 1. The number of nitrogens with two attached hydrogens (primary N) is 1. The summed E-state index contributed by atoms with van der Waals surface area (Å²) >= 11 is 1.29. The van der Waals surface area contributed by atoms with Crippen LogP contribution in [0.1, 0.15) is 5.56 Å². The minimum absolute atomic E-state index is 0.0304. The highest BCUT2D eigenvalue weighted by atomic mass is 32.2. The molecule has 11 heteroatoms. The number of benzene rings is 2. The van der Waals surface area contributed by atoms with Gasteiger partial charge in [-0.1, -0.05) is 11.8 Å². The van der Waals surface area contributed by atoms with E-state index in [0.717, 1.165) is 10.9 Å². The Morgan fingerprint density at radius 1 is 1.13 bits per heavy atom. The van der Waals surface area contributed by atoms with E-state index in [0.29, 0.717) is 33.6 Å². The lowest BCUT2D eigenvalue weighted by Crippen LogP contribution is -2.11. The molecule has 0 fully saturated rings. The zero-order valence-electron chi connectivity index (χ0n) is 16.1. The molecule has 2 N–H and O–H groups in total. The van der Waals surface area contributed by atoms with Gasteiger partial charge in [-0.2, -0.15) is 8.78 Å². The van der Waals surface area contributed by atoms with Gasteiger partial charge >= 0.3 is 12.2 Å². The van der Waals surface area contributed by atoms with Gasteiger partial charge in [0, 0.05) is 28.8 Å². The highest BCUT2D eigenvalue weighted by Crippen LogP contribution is 2.29. The van der Waals surface area contributed by atoms with Crippen molar-refractivity contribution in [2.24, 2.45) is 0 Å². The SMILES string of the molecule is COc1ccc2c(CSc3nnc(-c4ccc(OC(F)F)cc4)n3N)cc(=O)oc2c1. The molecule has 0 bridgehead atoms. The number of rotatable bonds is 7. The van der Waals surface area contributed by atoms with Crippen LogP contribution >= 0.6 is 11.8 Å². The Morgan fingerprint density at radius 3 is 2.58 bits per heavy atom. The van der Waals surface area contributed by atoms with Crippen LogP contribution in [0.25, 0.3) is 22.4 Å². The number of fused-ring (bicyclic) bond motifs is 1. The summed E-state index contributed by atoms with van der Waals surface area (Å²) in [5.74, 6) is 7.48. The van der Waals surface area contributed by atoms with E-state index in [2.05, 4.69) is 14.9 Å². The molecule has 0 spiro atoms. The van der Waals surface area contributed by atoms with Crippen molar-refractivity contribution in [3.05, 3.63) is 64.5 Å². The van der Waals surface area contributed by atoms with Gasteiger partial charge in [0.15, 0.2) is 5.82 Å². The Labute approximate surface area is 178 Å². The number of aromatic nitrogens is 3. The van der Waals surface area contributed by atoms with E-state index < -0.39 is 12.2 Å². The van der Waals surface area contributed by atoms with Crippen LogP contribution in [0.4, 0.5) is 8.78 Å². The second-order valence-electron chi connectivity index (χ2n) is 6.32. The lowest BCUT2D eigenvalue weighted by Gasteiger charge is -2.07. The average Bonchev–Trinajstić information content (AvgIpc) is 3.11. The number of hydrogen-bond donors (Lipinski definition) is 1. The fraction of sp³-hybridized carbons (Fsp3) is 0.150. The van der Waals surface area contributed by atoms with E-state index in [9.17, 15) is 13.6 Å². The highest BCUT2D eigenvalue weighted by Gasteiger charge is 2.15. The van der Waals surface area contributed by atoms with E-state index in [1.54, 1.807) is 24.3 Å². The van der Waals surface area contributed by atoms with Crippen LogP contribution in [-0.2, 0) is 5.75 Å². The first-order valence-electron chi connectivity index (χ1n) is 8.94. The van der Waals surface area contributed by atoms with E-state index >= 15 is 0 Å². The monoisotopic (exact) mass is 446 g/mol. The zero-order chi connectivity index (χ0) is 22.0. The summed E-state index contributed by atoms with van der Waals surface area (Å²) in [6, 6.07) is 12.6. The standard InChI is InChI=1S/C20H16F2N4O4S/c1-28-14-6-7-15-12(8-17(27)30-16(15)9-14)10-31-20-25-24-18(26(20)23)11-2-4-13(5-3-11)29-19(21)22/h2-9,19H,10,23H2,1H3. The van der Waals surface area contributed by atoms with Gasteiger partial charge in [-0.3, -0.25) is 0 Å². The molecule has 0 saturated heterocycles. The first-order valence-corrected chi connectivity index (χ1v) is 9.92. The van der Waals surface area contributed by atoms with Crippen molar-refractivity contribution in [3.63, 3.8) is 0 Å². The molecule has 0 radical (unpaired) electrons. The number of alkyl halides is 2. The third kappa shape index (κ3) is 4.45. The summed E-state index contributed by atoms with van der Waals surface area (Å²) in [5.41, 5.74) is 1.28. The molecule has 0 atom stereocenters. The zero-order valence-corrected chi connectivity index (χ0v) is 16.9. The van der Waals surface area contributed by atoms with Gasteiger partial charge in [-0.15, -0.1) is 10.2 Å². The number of methoxy groups -OCH3 is 1. The molecule has 2 heterocycles. The molecule has 0 aliphatic carbocycles. The second-order valence-corrected chi connectivity index (χ2v) is 7.26. The molecule has 4 aromatic rings. The molecule has 0 aliphatic heterocycles. The van der Waals surface area contributed by atoms with E-state index in [4.69, 9.17) is 15.0 Å². The fourth-order valence-corrected chi connectivity index (χ4v) is 3.80. The van der Waals surface area contributed by atoms with Crippen molar-refractivity contribution in [2.75, 3.05) is 13.0 Å². The summed E-state index contributed by atoms with van der Waals surface area (Å²) in [6.07, 6.45) is 0. The van der Waals surface area contributed by atoms with E-state index in [-0.39, 0.29) is 5.75 Å². The summed E-state index contributed by atoms with van der Waals surface area (Å²) in [7, 11) is 1.53. The summed E-state index contributed by atoms with van der Waals surface area (Å²) in [6.45, 7) is -2.90. The predicted octanol–water partition coefficient (Wildman–Crippen LogP) is 3.67. The van der Waals surface area contributed by atoms with E-state index in [1.807, 2.05) is 6.07 Å². The van der Waals surface area contributed by atoms with Crippen molar-refractivity contribution in [3.8, 4) is 22.9 Å².